The molecule has 2 aromatic carbocycles. The summed E-state index contributed by atoms with van der Waals surface area (Å²) in [5.74, 6) is 1.84. The van der Waals surface area contributed by atoms with Crippen LogP contribution in [-0.4, -0.2) is 10.4 Å². The molecule has 4 rings (SSSR count). The molecule has 4 aromatic rings. The minimum Gasteiger partial charge on any atom is -0.483 e. The van der Waals surface area contributed by atoms with Crippen LogP contribution in [0.25, 0.3) is 11.8 Å². The van der Waals surface area contributed by atoms with Crippen LogP contribution in [0.5, 0.6) is 5.75 Å². The minimum absolute atomic E-state index is 0.0917. The zero-order chi connectivity index (χ0) is 21.8. The van der Waals surface area contributed by atoms with E-state index in [1.165, 1.54) is 6.08 Å². The number of carbonyl (C=O) groups is 1. The first kappa shape index (κ1) is 21.9. The summed E-state index contributed by atoms with van der Waals surface area (Å²) in [7, 11) is 0. The lowest BCUT2D eigenvalue weighted by Crippen LogP contribution is -1.97. The average Bonchev–Trinajstić information content (AvgIpc) is 3.44. The third-order valence-electron chi connectivity index (χ3n) is 4.44. The lowest BCUT2D eigenvalue weighted by atomic mass is 10.1. The third-order valence-corrected chi connectivity index (χ3v) is 6.07. The van der Waals surface area contributed by atoms with Gasteiger partial charge in [0, 0.05) is 28.1 Å². The first-order valence-corrected chi connectivity index (χ1v) is 11.7. The Hall–Kier alpha value is -2.35. The van der Waals surface area contributed by atoms with Crippen molar-refractivity contribution in [3.63, 3.8) is 0 Å². The van der Waals surface area contributed by atoms with Crippen molar-refractivity contribution in [2.45, 2.75) is 6.61 Å². The highest BCUT2D eigenvalue weighted by molar-refractivity contribution is 9.11. The summed E-state index contributed by atoms with van der Waals surface area (Å²) in [6, 6.07) is 18.8. The summed E-state index contributed by atoms with van der Waals surface area (Å²) in [4.78, 5) is 12.6. The molecule has 0 fully saturated rings. The second-order valence-corrected chi connectivity index (χ2v) is 9.25. The van der Waals surface area contributed by atoms with Gasteiger partial charge in [0.2, 0.25) is 0 Å². The van der Waals surface area contributed by atoms with E-state index in [2.05, 4.69) is 47.8 Å². The largest absolute Gasteiger partial charge is 0.483 e. The summed E-state index contributed by atoms with van der Waals surface area (Å²) in [6.45, 7) is 0.263. The second kappa shape index (κ2) is 9.85. The van der Waals surface area contributed by atoms with Crippen LogP contribution in [0.15, 0.2) is 97.0 Å². The van der Waals surface area contributed by atoms with Crippen molar-refractivity contribution in [1.29, 1.82) is 0 Å². The van der Waals surface area contributed by atoms with Crippen LogP contribution in [-0.2, 0) is 6.61 Å². The molecular formula is C24H16Br3NO3. The van der Waals surface area contributed by atoms with Crippen molar-refractivity contribution >= 4 is 59.6 Å². The van der Waals surface area contributed by atoms with Crippen molar-refractivity contribution in [2.75, 3.05) is 0 Å². The lowest BCUT2D eigenvalue weighted by molar-refractivity contribution is 0.104. The summed E-state index contributed by atoms with van der Waals surface area (Å²) in [5, 5.41) is 0. The fourth-order valence-electron chi connectivity index (χ4n) is 2.95. The van der Waals surface area contributed by atoms with E-state index in [9.17, 15) is 4.79 Å². The summed E-state index contributed by atoms with van der Waals surface area (Å²) in [6.07, 6.45) is 7.06. The highest BCUT2D eigenvalue weighted by Crippen LogP contribution is 2.37. The molecule has 0 radical (unpaired) electrons. The zero-order valence-corrected chi connectivity index (χ0v) is 20.9. The number of carbonyl (C=O) groups excluding carboxylic acids is 1. The maximum atomic E-state index is 12.6. The number of ether oxygens (including phenoxy) is 1. The number of allylic oxidation sites excluding steroid dienone is 1. The minimum atomic E-state index is -0.0917. The maximum Gasteiger partial charge on any atom is 0.186 e. The van der Waals surface area contributed by atoms with Gasteiger partial charge in [-0.05, 0) is 92.5 Å². The molecule has 4 nitrogen and oxygen atoms in total. The van der Waals surface area contributed by atoms with Gasteiger partial charge in [0.15, 0.2) is 5.78 Å². The quantitative estimate of drug-likeness (QED) is 0.159. The van der Waals surface area contributed by atoms with Gasteiger partial charge in [0.1, 0.15) is 23.9 Å². The molecule has 0 spiro atoms. The monoisotopic (exact) mass is 603 g/mol. The topological polar surface area (TPSA) is 44.4 Å². The molecule has 2 heterocycles. The molecule has 0 aliphatic rings. The van der Waals surface area contributed by atoms with Crippen LogP contribution in [0.4, 0.5) is 0 Å². The van der Waals surface area contributed by atoms with E-state index in [1.54, 1.807) is 12.1 Å². The number of rotatable bonds is 7. The van der Waals surface area contributed by atoms with E-state index in [0.717, 1.165) is 19.1 Å². The van der Waals surface area contributed by atoms with Crippen molar-refractivity contribution in [3.05, 3.63) is 110 Å². The van der Waals surface area contributed by atoms with Gasteiger partial charge in [-0.1, -0.05) is 28.1 Å². The van der Waals surface area contributed by atoms with Gasteiger partial charge in [0.25, 0.3) is 0 Å². The highest BCUT2D eigenvalue weighted by Gasteiger charge is 2.10. The molecule has 0 atom stereocenters. The molecule has 2 aromatic heterocycles. The van der Waals surface area contributed by atoms with E-state index in [1.807, 2.05) is 71.6 Å². The van der Waals surface area contributed by atoms with Crippen molar-refractivity contribution in [2.24, 2.45) is 0 Å². The summed E-state index contributed by atoms with van der Waals surface area (Å²) >= 11 is 10.4. The fraction of sp³-hybridized carbons (Fsp3) is 0.0417. The van der Waals surface area contributed by atoms with Crippen LogP contribution in [0.1, 0.15) is 21.9 Å². The molecule has 0 bridgehead atoms. The van der Waals surface area contributed by atoms with Gasteiger partial charge in [-0.25, -0.2) is 0 Å². The van der Waals surface area contributed by atoms with E-state index in [4.69, 9.17) is 9.15 Å². The third kappa shape index (κ3) is 5.47. The number of hydrogen-bond acceptors (Lipinski definition) is 3. The Morgan fingerprint density at radius 3 is 2.45 bits per heavy atom. The molecule has 0 amide bonds. The fourth-order valence-corrected chi connectivity index (χ4v) is 5.44. The predicted octanol–water partition coefficient (Wildman–Crippen LogP) is 7.83. The molecule has 0 N–H and O–H groups in total. The van der Waals surface area contributed by atoms with Gasteiger partial charge >= 0.3 is 0 Å². The molecule has 0 unspecified atom stereocenters. The van der Waals surface area contributed by atoms with Crippen LogP contribution in [0.2, 0.25) is 0 Å². The molecule has 0 saturated heterocycles. The number of furan rings is 1. The van der Waals surface area contributed by atoms with E-state index < -0.39 is 0 Å². The van der Waals surface area contributed by atoms with Crippen molar-refractivity contribution in [1.82, 2.24) is 4.57 Å². The molecule has 31 heavy (non-hydrogen) atoms. The van der Waals surface area contributed by atoms with Crippen LogP contribution < -0.4 is 4.74 Å². The number of halogens is 3. The number of benzene rings is 2. The summed E-state index contributed by atoms with van der Waals surface area (Å²) in [5.41, 5.74) is 1.55. The molecular weight excluding hydrogens is 590 g/mol. The molecule has 0 aliphatic heterocycles. The van der Waals surface area contributed by atoms with E-state index >= 15 is 0 Å². The van der Waals surface area contributed by atoms with Crippen LogP contribution >= 0.6 is 47.8 Å². The predicted molar refractivity (Wildman–Crippen MR) is 132 cm³/mol. The van der Waals surface area contributed by atoms with Crippen molar-refractivity contribution in [3.8, 4) is 11.4 Å². The van der Waals surface area contributed by atoms with Gasteiger partial charge in [-0.2, -0.15) is 0 Å². The molecule has 156 valence electrons. The zero-order valence-electron chi connectivity index (χ0n) is 16.1. The molecule has 0 saturated carbocycles. The van der Waals surface area contributed by atoms with Gasteiger partial charge in [-0.15, -0.1) is 0 Å². The van der Waals surface area contributed by atoms with E-state index in [0.29, 0.717) is 22.8 Å². The first-order chi connectivity index (χ1) is 15.0. The van der Waals surface area contributed by atoms with E-state index in [-0.39, 0.29) is 12.4 Å². The Bertz CT molecular complexity index is 1220. The molecule has 7 heteroatoms. The standard InChI is InChI=1S/C24H16Br3NO3/c25-17-13-21(26)24(22(27)14-17)30-15-20-7-6-19(31-20)8-9-23(29)16-4-3-5-18(12-16)28-10-1-2-11-28/h1-14H,15H2/b9-8+. The average molecular weight is 606 g/mol. The van der Waals surface area contributed by atoms with Gasteiger partial charge < -0.3 is 13.7 Å². The normalized spacial score (nSPS) is 11.2. The number of nitrogens with zero attached hydrogens (tertiary/aromatic N) is 1. The Morgan fingerprint density at radius 1 is 0.968 bits per heavy atom. The number of ketones is 1. The SMILES string of the molecule is O=C(/C=C/c1ccc(COc2c(Br)cc(Br)cc2Br)o1)c1cccc(-n2cccc2)c1. The summed E-state index contributed by atoms with van der Waals surface area (Å²) < 4.78 is 16.2. The smallest absolute Gasteiger partial charge is 0.186 e. The Labute approximate surface area is 204 Å². The Kier molecular flexibility index (Phi) is 6.95. The van der Waals surface area contributed by atoms with Crippen LogP contribution in [0.3, 0.4) is 0 Å². The van der Waals surface area contributed by atoms with Crippen LogP contribution in [0, 0.1) is 0 Å². The maximum absolute atomic E-state index is 12.6. The van der Waals surface area contributed by atoms with Gasteiger partial charge in [-0.3, -0.25) is 4.79 Å². The molecule has 0 aliphatic carbocycles. The number of hydrogen-bond donors (Lipinski definition) is 0. The Balaban J connectivity index is 1.41. The Morgan fingerprint density at radius 2 is 1.71 bits per heavy atom. The van der Waals surface area contributed by atoms with Gasteiger partial charge in [0.05, 0.1) is 8.95 Å². The lowest BCUT2D eigenvalue weighted by Gasteiger charge is -2.09. The number of aromatic nitrogens is 1. The highest BCUT2D eigenvalue weighted by atomic mass is 79.9. The van der Waals surface area contributed by atoms with Crippen molar-refractivity contribution < 1.29 is 13.9 Å². The second-order valence-electron chi connectivity index (χ2n) is 6.63. The first-order valence-electron chi connectivity index (χ1n) is 9.31.